The van der Waals surface area contributed by atoms with Crippen LogP contribution in [0.5, 0.6) is 28.7 Å². The molecule has 85 heavy (non-hydrogen) atoms. The van der Waals surface area contributed by atoms with Gasteiger partial charge in [0, 0.05) is 38.9 Å². The Labute approximate surface area is 597 Å². The van der Waals surface area contributed by atoms with Crippen molar-refractivity contribution in [3.63, 3.8) is 0 Å². The molecule has 1 N–H and O–H groups in total. The zero-order chi connectivity index (χ0) is 57.8. The van der Waals surface area contributed by atoms with Crippen LogP contribution in [0.1, 0.15) is 1.43 Å². The Morgan fingerprint density at radius 3 is 0.882 bits per heavy atom. The maximum atomic E-state index is 14.4. The van der Waals surface area contributed by atoms with Gasteiger partial charge in [0.1, 0.15) is 33.4 Å². The van der Waals surface area contributed by atoms with E-state index in [0.717, 1.165) is 71.6 Å². The van der Waals surface area contributed by atoms with Crippen LogP contribution in [0.25, 0.3) is 77.9 Å². The van der Waals surface area contributed by atoms with Gasteiger partial charge < -0.3 is 26.2 Å². The molecule has 6 nitrogen and oxygen atoms in total. The normalized spacial score (nSPS) is 10.1. The minimum atomic E-state index is -0.585. The molecule has 12 heteroatoms. The number of ether oxygens (including phenoxy) is 2. The molecule has 0 saturated heterocycles. The van der Waals surface area contributed by atoms with Crippen LogP contribution in [0.15, 0.2) is 306 Å². The van der Waals surface area contributed by atoms with E-state index in [0.29, 0.717) is 39.5 Å². The van der Waals surface area contributed by atoms with Crippen LogP contribution in [0.2, 0.25) is 0 Å². The largest absolute Gasteiger partial charge is 1.00 e. The van der Waals surface area contributed by atoms with Crippen molar-refractivity contribution in [1.29, 1.82) is 0 Å². The summed E-state index contributed by atoms with van der Waals surface area (Å²) < 4.78 is 43.2. The number of halogens is 4. The predicted octanol–water partition coefficient (Wildman–Crippen LogP) is 14.4. The first kappa shape index (κ1) is 66.1. The van der Waals surface area contributed by atoms with E-state index in [1.807, 2.05) is 194 Å². The zero-order valence-electron chi connectivity index (χ0n) is 47.4. The second-order valence-corrected chi connectivity index (χ2v) is 19.9. The van der Waals surface area contributed by atoms with Crippen LogP contribution >= 0.6 is 31.9 Å². The van der Waals surface area contributed by atoms with Crippen molar-refractivity contribution in [2.75, 3.05) is 0 Å². The first-order valence-electron chi connectivity index (χ1n) is 26.2. The summed E-state index contributed by atoms with van der Waals surface area (Å²) in [5.41, 5.74) is 12.3. The predicted molar refractivity (Wildman–Crippen MR) is 336 cm³/mol. The fourth-order valence-corrected chi connectivity index (χ4v) is 10.1. The minimum Gasteiger partial charge on any atom is -1.00 e. The summed E-state index contributed by atoms with van der Waals surface area (Å²) in [6.07, 6.45) is 0. The number of hydrogen-bond donors (Lipinski definition) is 1. The summed E-state index contributed by atoms with van der Waals surface area (Å²) in [4.78, 5) is 11.2. The van der Waals surface area contributed by atoms with Crippen molar-refractivity contribution in [1.82, 2.24) is 0 Å². The van der Waals surface area contributed by atoms with E-state index in [9.17, 15) is 13.9 Å². The fraction of sp³-hybridized carbons (Fsp3) is 0. The monoisotopic (exact) mass is 1300 g/mol. The molecule has 0 radical (unpaired) electrons. The molecule has 0 bridgehead atoms. The van der Waals surface area contributed by atoms with E-state index in [-0.39, 0.29) is 115 Å². The van der Waals surface area contributed by atoms with Gasteiger partial charge in [0.2, 0.25) is 0 Å². The Morgan fingerprint density at radius 1 is 0.341 bits per heavy atom. The standard InChI is InChI=1S/C42H29BrO2.C18H11BrF2.C12H10O.CH2O3.2K.H/c43-40-41(44-38-27-15-13-25-34(38)30-17-5-1-6-18-30)36(32-21-9-3-10-22-32)29-37(33-23-11-4-12-24-33)42(40)45-39-28-16-14-26-35(39)31-19-7-2-8-20-31;19-16-17(20)14(12-7-3-1-4-8-12)11-15(18(16)21)13-9-5-2-6-10-13;13-12-9-5-4-8-11(12)10-6-2-1-3-7-10;2-1-4-3;;;/h1-29H;1-11H;1-9,13H;1,3H;;;/q;;;;2*+1;-1/p-1. The van der Waals surface area contributed by atoms with Crippen molar-refractivity contribution in [3.8, 4) is 107 Å². The topological polar surface area (TPSA) is 88.1 Å². The van der Waals surface area contributed by atoms with Gasteiger partial charge in [0.15, 0.2) is 11.5 Å². The van der Waals surface area contributed by atoms with E-state index in [1.165, 1.54) is 0 Å². The molecule has 0 aromatic heterocycles. The van der Waals surface area contributed by atoms with E-state index in [1.54, 1.807) is 36.4 Å². The number of hydrogen-bond acceptors (Lipinski definition) is 6. The van der Waals surface area contributed by atoms with Crippen molar-refractivity contribution >= 4 is 38.3 Å². The Kier molecular flexibility index (Phi) is 26.5. The Balaban J connectivity index is 0.000000237. The van der Waals surface area contributed by atoms with Crippen LogP contribution in [-0.4, -0.2) is 11.6 Å². The number of para-hydroxylation sites is 3. The maximum Gasteiger partial charge on any atom is 1.00 e. The van der Waals surface area contributed by atoms with Crippen molar-refractivity contribution in [3.05, 3.63) is 318 Å². The average molecular weight is 1300 g/mol. The molecule has 0 spiro atoms. The third-order valence-corrected chi connectivity index (χ3v) is 14.5. The van der Waals surface area contributed by atoms with Gasteiger partial charge in [-0.05, 0) is 101 Å². The molecule has 0 heterocycles. The fourth-order valence-electron chi connectivity index (χ4n) is 9.12. The summed E-state index contributed by atoms with van der Waals surface area (Å²) in [7, 11) is 0. The average Bonchev–Trinajstić information content (AvgIpc) is 3.51. The quantitative estimate of drug-likeness (QED) is 0.0431. The van der Waals surface area contributed by atoms with Gasteiger partial charge >= 0.3 is 103 Å². The molecule has 12 aromatic carbocycles. The van der Waals surface area contributed by atoms with Crippen molar-refractivity contribution < 1.29 is 142 Å². The number of carbonyl (C=O) groups is 1. The zero-order valence-corrected chi connectivity index (χ0v) is 55.8. The first-order chi connectivity index (χ1) is 40.7. The first-order valence-corrected chi connectivity index (χ1v) is 27.8. The molecule has 0 aliphatic heterocycles. The molecule has 410 valence electrons. The van der Waals surface area contributed by atoms with Crippen molar-refractivity contribution in [2.45, 2.75) is 0 Å². The maximum absolute atomic E-state index is 14.4. The van der Waals surface area contributed by atoms with Crippen LogP contribution < -0.4 is 118 Å². The summed E-state index contributed by atoms with van der Waals surface area (Å²) >= 11 is 7.03. The molecule has 0 amide bonds. The summed E-state index contributed by atoms with van der Waals surface area (Å²) in [6, 6.07) is 96.8. The molecule has 0 atom stereocenters. The Hall–Kier alpha value is -6.44. The van der Waals surface area contributed by atoms with Crippen LogP contribution in [-0.2, 0) is 9.68 Å². The Morgan fingerprint density at radius 2 is 0.576 bits per heavy atom. The molecule has 0 saturated carbocycles. The number of phenols is 1. The second kappa shape index (κ2) is 34.0. The number of aromatic hydroxyl groups is 1. The molecule has 12 rings (SSSR count). The molecule has 0 aliphatic carbocycles. The van der Waals surface area contributed by atoms with Crippen LogP contribution in [0.4, 0.5) is 8.78 Å². The van der Waals surface area contributed by atoms with Crippen LogP contribution in [0.3, 0.4) is 0 Å². The van der Waals surface area contributed by atoms with Crippen LogP contribution in [0, 0.1) is 11.6 Å². The van der Waals surface area contributed by atoms with E-state index >= 15 is 0 Å². The van der Waals surface area contributed by atoms with Gasteiger partial charge in [-0.25, -0.2) is 8.78 Å². The molecule has 12 aromatic rings. The molecule has 0 unspecified atom stereocenters. The summed E-state index contributed by atoms with van der Waals surface area (Å²) in [5.74, 6) is 2.02. The van der Waals surface area contributed by atoms with Gasteiger partial charge in [-0.2, -0.15) is 0 Å². The van der Waals surface area contributed by atoms with Gasteiger partial charge in [-0.1, -0.05) is 267 Å². The smallest absolute Gasteiger partial charge is 1.00 e. The number of carbonyl (C=O) groups excluding carboxylic acids is 1. The molecule has 0 aliphatic rings. The summed E-state index contributed by atoms with van der Waals surface area (Å²) in [6.45, 7) is -0.181. The van der Waals surface area contributed by atoms with Gasteiger partial charge in [-0.15, -0.1) is 0 Å². The van der Waals surface area contributed by atoms with E-state index in [2.05, 4.69) is 103 Å². The van der Waals surface area contributed by atoms with E-state index < -0.39 is 11.6 Å². The number of phenolic OH excluding ortho intramolecular Hbond substituents is 1. The van der Waals surface area contributed by atoms with E-state index in [4.69, 9.17) is 19.5 Å². The third kappa shape index (κ3) is 17.4. The number of benzene rings is 12. The Bertz CT molecular complexity index is 3820. The SMILES string of the molecule is Brc1c(Oc2ccccc2-c2ccccc2)c(-c2ccccc2)cc(-c2ccccc2)c1Oc1ccccc1-c1ccccc1.Fc1c(-c2ccccc2)cc(-c2ccccc2)c(F)c1Br.O=CO[O-].Oc1ccccc1-c1ccccc1.[H-].[K+].[K+]. The molecule has 0 fully saturated rings. The number of rotatable bonds is 12. The minimum absolute atomic E-state index is 0. The van der Waals surface area contributed by atoms with Gasteiger partial charge in [-0.3, -0.25) is 4.79 Å². The third-order valence-electron chi connectivity index (χ3n) is 13.1. The molecular formula is C73H52Br2F2K2O6. The van der Waals surface area contributed by atoms with Gasteiger partial charge in [0.25, 0.3) is 6.47 Å². The van der Waals surface area contributed by atoms with Gasteiger partial charge in [0.05, 0.1) is 4.47 Å². The summed E-state index contributed by atoms with van der Waals surface area (Å²) in [5, 5.41) is 18.0. The molecular weight excluding hydrogens is 1250 g/mol. The second-order valence-electron chi connectivity index (χ2n) is 18.3. The van der Waals surface area contributed by atoms with Crippen molar-refractivity contribution in [2.24, 2.45) is 0 Å².